The molecule has 8 nitrogen and oxygen atoms in total. The third-order valence-corrected chi connectivity index (χ3v) is 3.50. The van der Waals surface area contributed by atoms with Crippen molar-refractivity contribution in [3.8, 4) is 0 Å². The number of hydrogen-bond acceptors (Lipinski definition) is 5. The van der Waals surface area contributed by atoms with Crippen LogP contribution < -0.4 is 27.6 Å². The first-order valence-corrected chi connectivity index (χ1v) is 6.72. The molecule has 3 heterocycles. The van der Waals surface area contributed by atoms with Crippen molar-refractivity contribution in [3.63, 3.8) is 0 Å². The van der Waals surface area contributed by atoms with Gasteiger partial charge >= 0.3 is 11.9 Å². The molecule has 2 aromatic heterocycles. The minimum Gasteiger partial charge on any atom is -1.00 e. The summed E-state index contributed by atoms with van der Waals surface area (Å²) in [5.74, 6) is 0.768. The Kier molecular flexibility index (Phi) is 4.38. The van der Waals surface area contributed by atoms with Crippen molar-refractivity contribution in [2.24, 2.45) is 0 Å². The van der Waals surface area contributed by atoms with Gasteiger partial charge < -0.3 is 28.1 Å². The first-order valence-electron chi connectivity index (χ1n) is 6.18. The Labute approximate surface area is 131 Å². The molecule has 0 saturated carbocycles. The van der Waals surface area contributed by atoms with Crippen molar-refractivity contribution in [2.45, 2.75) is 13.1 Å². The number of aromatic nitrogens is 4. The summed E-state index contributed by atoms with van der Waals surface area (Å²) in [6, 6.07) is 0. The minimum atomic E-state index is -0.949. The Morgan fingerprint density at radius 2 is 2.33 bits per heavy atom. The first-order chi connectivity index (χ1) is 9.61. The molecule has 1 aliphatic heterocycles. The summed E-state index contributed by atoms with van der Waals surface area (Å²) < 4.78 is 3.36. The lowest BCUT2D eigenvalue weighted by atomic mass is 10.4. The molecule has 0 spiro atoms. The summed E-state index contributed by atoms with van der Waals surface area (Å²) in [5.41, 5.74) is 7.10. The molecule has 0 fully saturated rings. The van der Waals surface area contributed by atoms with Gasteiger partial charge in [-0.05, 0) is 0 Å². The fourth-order valence-electron chi connectivity index (χ4n) is 2.50. The van der Waals surface area contributed by atoms with Crippen LogP contribution in [0.15, 0.2) is 6.33 Å². The van der Waals surface area contributed by atoms with Gasteiger partial charge in [-0.1, -0.05) is 4.98 Å². The molecule has 3 N–H and O–H groups in total. The predicted molar refractivity (Wildman–Crippen MR) is 72.7 cm³/mol. The smallest absolute Gasteiger partial charge is 0.347 e. The predicted octanol–water partition coefficient (Wildman–Crippen LogP) is -3.55. The van der Waals surface area contributed by atoms with Gasteiger partial charge in [0.05, 0.1) is 26.0 Å². The van der Waals surface area contributed by atoms with Crippen LogP contribution in [0.3, 0.4) is 0 Å². The maximum absolute atomic E-state index is 10.9. The molecule has 3 rings (SSSR count). The summed E-state index contributed by atoms with van der Waals surface area (Å²) in [7, 11) is 0. The number of hydrogen-bond donors (Lipinski definition) is 2. The number of nitrogens with zero attached hydrogens (tertiary/aromatic N) is 5. The number of anilines is 2. The summed E-state index contributed by atoms with van der Waals surface area (Å²) in [6.07, 6.45) is 1.48. The van der Waals surface area contributed by atoms with E-state index in [1.54, 1.807) is 0 Å². The number of carboxylic acid groups (broad SMARTS) is 1. The van der Waals surface area contributed by atoms with Crippen molar-refractivity contribution in [1.29, 1.82) is 0 Å². The molecule has 21 heavy (non-hydrogen) atoms. The van der Waals surface area contributed by atoms with E-state index in [0.717, 1.165) is 18.9 Å². The first kappa shape index (κ1) is 15.6. The zero-order chi connectivity index (χ0) is 14.3. The van der Waals surface area contributed by atoms with Gasteiger partial charge in [-0.15, -0.1) is 11.6 Å². The van der Waals surface area contributed by atoms with Crippen LogP contribution >= 0.6 is 11.6 Å². The van der Waals surface area contributed by atoms with Crippen LogP contribution in [0, 0.1) is 0 Å². The molecule has 0 aromatic carbocycles. The average molecular weight is 333 g/mol. The van der Waals surface area contributed by atoms with Gasteiger partial charge in [0.2, 0.25) is 11.5 Å². The zero-order valence-electron chi connectivity index (χ0n) is 11.0. The number of carboxylic acids is 1. The largest absolute Gasteiger partial charge is 1.00 e. The summed E-state index contributed by atoms with van der Waals surface area (Å²) >= 11 is 5.81. The van der Waals surface area contributed by atoms with E-state index in [-0.39, 0.29) is 19.0 Å². The van der Waals surface area contributed by atoms with Crippen molar-refractivity contribution >= 4 is 40.5 Å². The highest BCUT2D eigenvalue weighted by Gasteiger charge is 2.31. The van der Waals surface area contributed by atoms with Crippen LogP contribution in [0.1, 0.15) is 0 Å². The Hall–Kier alpha value is -1.80. The second kappa shape index (κ2) is 5.90. The number of rotatable bonds is 4. The van der Waals surface area contributed by atoms with E-state index >= 15 is 0 Å². The molecule has 0 unspecified atom stereocenters. The molecular formula is C11H14Cl2N6O2. The lowest BCUT2D eigenvalue weighted by Crippen LogP contribution is -3.00. The molecule has 0 amide bonds. The van der Waals surface area contributed by atoms with Gasteiger partial charge in [0.25, 0.3) is 0 Å². The van der Waals surface area contributed by atoms with Gasteiger partial charge in [0.15, 0.2) is 5.52 Å². The van der Waals surface area contributed by atoms with E-state index in [1.807, 2.05) is 4.57 Å². The van der Waals surface area contributed by atoms with Crippen LogP contribution in [0.4, 0.5) is 11.8 Å². The molecular weight excluding hydrogens is 319 g/mol. The van der Waals surface area contributed by atoms with Crippen molar-refractivity contribution in [1.82, 2.24) is 14.5 Å². The average Bonchev–Trinajstić information content (AvgIpc) is 2.95. The second-order valence-corrected chi connectivity index (χ2v) is 4.94. The number of imidazole rings is 1. The molecule has 10 heteroatoms. The Morgan fingerprint density at radius 3 is 3.00 bits per heavy atom. The summed E-state index contributed by atoms with van der Waals surface area (Å²) in [5, 5.41) is 8.90. The van der Waals surface area contributed by atoms with Gasteiger partial charge in [-0.3, -0.25) is 9.36 Å². The Morgan fingerprint density at radius 1 is 1.57 bits per heavy atom. The topological polar surface area (TPSA) is 101 Å². The van der Waals surface area contributed by atoms with Crippen molar-refractivity contribution in [3.05, 3.63) is 6.33 Å². The Bertz CT molecular complexity index is 689. The van der Waals surface area contributed by atoms with Crippen LogP contribution in [0.5, 0.6) is 0 Å². The van der Waals surface area contributed by atoms with E-state index in [9.17, 15) is 4.79 Å². The standard InChI is InChI=1S/C11H13ClN6O2.ClH/c12-1-2-16-3-4-18-10(16)8-9(15-11(18)13)17(6-14-8)5-7(19)20;/h6,13H,1-5H2,(H,19,20);1H. The van der Waals surface area contributed by atoms with Crippen molar-refractivity contribution in [2.75, 3.05) is 29.6 Å². The molecule has 114 valence electrons. The monoisotopic (exact) mass is 332 g/mol. The fraction of sp³-hybridized carbons (Fsp3) is 0.455. The van der Waals surface area contributed by atoms with Crippen LogP contribution in [-0.2, 0) is 17.9 Å². The molecule has 0 aliphatic carbocycles. The second-order valence-electron chi connectivity index (χ2n) is 4.56. The highest BCUT2D eigenvalue weighted by Crippen LogP contribution is 2.25. The molecule has 1 aliphatic rings. The van der Waals surface area contributed by atoms with Crippen LogP contribution in [0.25, 0.3) is 11.2 Å². The number of aliphatic carboxylic acids is 1. The van der Waals surface area contributed by atoms with Gasteiger partial charge in [0.1, 0.15) is 6.54 Å². The number of nitrogens with two attached hydrogens (primary N) is 1. The lowest BCUT2D eigenvalue weighted by molar-refractivity contribution is -0.657. The third kappa shape index (κ3) is 2.56. The molecule has 0 radical (unpaired) electrons. The fourth-order valence-corrected chi connectivity index (χ4v) is 2.71. The number of nitrogen functional groups attached to an aromatic ring is 1. The SMILES string of the molecule is Nc1nc2c(ncn2CC(=O)O)c2[n+]1CCN2CCCl.[Cl-]. The molecule has 0 bridgehead atoms. The maximum Gasteiger partial charge on any atom is 0.347 e. The van der Waals surface area contributed by atoms with E-state index < -0.39 is 5.97 Å². The quantitative estimate of drug-likeness (QED) is 0.444. The van der Waals surface area contributed by atoms with E-state index in [4.69, 9.17) is 22.4 Å². The maximum atomic E-state index is 10.9. The number of carbonyl (C=O) groups is 1. The minimum absolute atomic E-state index is 0. The van der Waals surface area contributed by atoms with E-state index in [0.29, 0.717) is 29.5 Å². The van der Waals surface area contributed by atoms with E-state index in [1.165, 1.54) is 10.9 Å². The highest BCUT2D eigenvalue weighted by atomic mass is 35.5. The molecule has 0 atom stereocenters. The number of fused-ring (bicyclic) bond motifs is 3. The molecule has 0 saturated heterocycles. The zero-order valence-corrected chi connectivity index (χ0v) is 12.5. The van der Waals surface area contributed by atoms with Gasteiger partial charge in [-0.25, -0.2) is 9.55 Å². The van der Waals surface area contributed by atoms with Crippen molar-refractivity contribution < 1.29 is 26.9 Å². The van der Waals surface area contributed by atoms with Gasteiger partial charge in [-0.2, -0.15) is 0 Å². The van der Waals surface area contributed by atoms with Crippen LogP contribution in [0.2, 0.25) is 0 Å². The third-order valence-electron chi connectivity index (χ3n) is 3.33. The summed E-state index contributed by atoms with van der Waals surface area (Å²) in [4.78, 5) is 21.5. The lowest BCUT2D eigenvalue weighted by Gasteiger charge is -2.12. The van der Waals surface area contributed by atoms with Crippen LogP contribution in [-0.4, -0.2) is 44.6 Å². The summed E-state index contributed by atoms with van der Waals surface area (Å²) in [6.45, 7) is 2.02. The number of halogens is 2. The highest BCUT2D eigenvalue weighted by molar-refractivity contribution is 6.18. The normalized spacial score (nSPS) is 13.3. The van der Waals surface area contributed by atoms with Gasteiger partial charge in [0, 0.05) is 5.88 Å². The molecule has 2 aromatic rings. The number of alkyl halides is 1. The van der Waals surface area contributed by atoms with E-state index in [2.05, 4.69) is 14.9 Å². The Balaban J connectivity index is 0.00000161.